The normalized spacial score (nSPS) is 13.1. The van der Waals surface area contributed by atoms with E-state index >= 15 is 0 Å². The highest BCUT2D eigenvalue weighted by atomic mass is 31.1. The highest BCUT2D eigenvalue weighted by Gasteiger charge is 2.08. The molecule has 0 amide bonds. The molecule has 5 aromatic rings. The van der Waals surface area contributed by atoms with Crippen LogP contribution in [0.2, 0.25) is 0 Å². The van der Waals surface area contributed by atoms with Crippen LogP contribution in [0.3, 0.4) is 0 Å². The van der Waals surface area contributed by atoms with Crippen molar-refractivity contribution in [2.24, 2.45) is 9.98 Å². The fourth-order valence-corrected chi connectivity index (χ4v) is 4.78. The molecule has 0 N–H and O–H groups in total. The van der Waals surface area contributed by atoms with E-state index in [1.807, 2.05) is 54.9 Å². The topological polar surface area (TPSA) is 69.0 Å². The third-order valence-electron chi connectivity index (χ3n) is 7.56. The number of benzene rings is 3. The summed E-state index contributed by atoms with van der Waals surface area (Å²) in [6.07, 6.45) is 12.0. The Morgan fingerprint density at radius 2 is 1.13 bits per heavy atom. The lowest BCUT2D eigenvalue weighted by molar-refractivity contribution is 0.305. The largest absolute Gasteiger partial charge is 0.487 e. The van der Waals surface area contributed by atoms with Crippen molar-refractivity contribution in [1.82, 2.24) is 9.97 Å². The standard InChI is InChI=1S/C39H40N4O2P/c1-29(35-8-6-5-7-9-35)40-23-36-18-20-38(25-42-36)44-27-33-14-10-31(11-15-33)22-32-12-16-34(17-13-32)28-45-39-21-19-37(43-26-39)24-41-30(2)46(3)4/h5-21,23-26,29-30H,3,22,27-28H2,1-2,4H3/q+1. The van der Waals surface area contributed by atoms with Gasteiger partial charge in [-0.05, 0) is 72.4 Å². The molecule has 2 aromatic heterocycles. The molecule has 5 rings (SSSR count). The molecular weight excluding hydrogens is 587 g/mol. The second kappa shape index (κ2) is 16.4. The van der Waals surface area contributed by atoms with Crippen molar-refractivity contribution < 1.29 is 9.47 Å². The first-order valence-electron chi connectivity index (χ1n) is 15.4. The van der Waals surface area contributed by atoms with Crippen LogP contribution in [-0.2, 0) is 19.6 Å². The number of nitrogens with zero attached hydrogens (tertiary/aromatic N) is 4. The summed E-state index contributed by atoms with van der Waals surface area (Å²) in [5.74, 6) is 1.69. The van der Waals surface area contributed by atoms with Gasteiger partial charge in [-0.15, -0.1) is 0 Å². The van der Waals surface area contributed by atoms with Crippen LogP contribution in [0.5, 0.6) is 11.5 Å². The first kappa shape index (κ1) is 32.5. The van der Waals surface area contributed by atoms with Gasteiger partial charge in [0.15, 0.2) is 0 Å². The number of aromatic nitrogens is 2. The summed E-state index contributed by atoms with van der Waals surface area (Å²) in [7, 11) is -0.341. The molecule has 3 atom stereocenters. The third kappa shape index (κ3) is 10.0. The zero-order valence-electron chi connectivity index (χ0n) is 26.7. The zero-order chi connectivity index (χ0) is 32.1. The molecule has 0 fully saturated rings. The predicted octanol–water partition coefficient (Wildman–Crippen LogP) is 8.71. The van der Waals surface area contributed by atoms with Gasteiger partial charge in [-0.3, -0.25) is 15.0 Å². The Hall–Kier alpha value is -4.93. The van der Waals surface area contributed by atoms with Crippen LogP contribution in [-0.4, -0.2) is 41.1 Å². The van der Waals surface area contributed by atoms with Crippen LogP contribution < -0.4 is 9.47 Å². The molecule has 0 spiro atoms. The molecule has 0 saturated heterocycles. The minimum Gasteiger partial charge on any atom is -0.487 e. The van der Waals surface area contributed by atoms with Crippen molar-refractivity contribution in [2.75, 3.05) is 6.66 Å². The average molecular weight is 628 g/mol. The molecule has 0 radical (unpaired) electrons. The molecule has 3 aromatic carbocycles. The van der Waals surface area contributed by atoms with Crippen LogP contribution in [0.25, 0.3) is 0 Å². The number of hydrogen-bond donors (Lipinski definition) is 0. The van der Waals surface area contributed by atoms with Gasteiger partial charge in [0, 0.05) is 6.21 Å². The smallest absolute Gasteiger partial charge is 0.201 e. The van der Waals surface area contributed by atoms with Gasteiger partial charge in [-0.1, -0.05) is 78.9 Å². The van der Waals surface area contributed by atoms with Crippen LogP contribution in [0.1, 0.15) is 59.1 Å². The number of aliphatic imine (C=N–C) groups is 2. The lowest BCUT2D eigenvalue weighted by Crippen LogP contribution is -1.99. The Kier molecular flexibility index (Phi) is 11.6. The van der Waals surface area contributed by atoms with E-state index in [2.05, 4.69) is 107 Å². The fourth-order valence-electron chi connectivity index (χ4n) is 4.49. The Morgan fingerprint density at radius 1 is 0.652 bits per heavy atom. The molecule has 0 aliphatic carbocycles. The number of hydrogen-bond acceptors (Lipinski definition) is 6. The van der Waals surface area contributed by atoms with Gasteiger partial charge in [-0.25, -0.2) is 4.99 Å². The summed E-state index contributed by atoms with van der Waals surface area (Å²) in [6.45, 7) is 7.25. The van der Waals surface area contributed by atoms with Gasteiger partial charge >= 0.3 is 0 Å². The van der Waals surface area contributed by atoms with E-state index in [0.29, 0.717) is 13.2 Å². The van der Waals surface area contributed by atoms with E-state index in [-0.39, 0.29) is 19.4 Å². The zero-order valence-corrected chi connectivity index (χ0v) is 27.6. The summed E-state index contributed by atoms with van der Waals surface area (Å²) >= 11 is 0. The maximum Gasteiger partial charge on any atom is 0.201 e. The van der Waals surface area contributed by atoms with Gasteiger partial charge in [0.05, 0.1) is 49.0 Å². The highest BCUT2D eigenvalue weighted by Crippen LogP contribution is 2.22. The summed E-state index contributed by atoms with van der Waals surface area (Å²) < 4.78 is 11.9. The summed E-state index contributed by atoms with van der Waals surface area (Å²) in [4.78, 5) is 18.1. The fraction of sp³-hybridized carbons (Fsp3) is 0.205. The first-order valence-corrected chi connectivity index (χ1v) is 17.4. The van der Waals surface area contributed by atoms with E-state index in [1.54, 1.807) is 12.4 Å². The van der Waals surface area contributed by atoms with Crippen LogP contribution in [0.4, 0.5) is 0 Å². The maximum atomic E-state index is 5.97. The van der Waals surface area contributed by atoms with E-state index in [4.69, 9.17) is 9.47 Å². The second-order valence-electron chi connectivity index (χ2n) is 11.3. The molecule has 6 nitrogen and oxygen atoms in total. The molecule has 0 aliphatic heterocycles. The molecule has 0 aliphatic rings. The van der Waals surface area contributed by atoms with Gasteiger partial charge < -0.3 is 9.47 Å². The minimum absolute atomic E-state index is 0.0806. The summed E-state index contributed by atoms with van der Waals surface area (Å²) in [5, 5.41) is 0. The summed E-state index contributed by atoms with van der Waals surface area (Å²) in [5.41, 5.74) is 7.52. The van der Waals surface area contributed by atoms with Crippen molar-refractivity contribution >= 4 is 26.3 Å². The highest BCUT2D eigenvalue weighted by molar-refractivity contribution is 7.55. The molecule has 7 heteroatoms. The number of rotatable bonds is 14. The lowest BCUT2D eigenvalue weighted by Gasteiger charge is -2.09. The number of pyridine rings is 2. The van der Waals surface area contributed by atoms with Gasteiger partial charge in [0.2, 0.25) is 5.78 Å². The summed E-state index contributed by atoms with van der Waals surface area (Å²) in [6, 6.07) is 35.1. The monoisotopic (exact) mass is 627 g/mol. The predicted molar refractivity (Wildman–Crippen MR) is 192 cm³/mol. The van der Waals surface area contributed by atoms with E-state index in [9.17, 15) is 0 Å². The van der Waals surface area contributed by atoms with Crippen molar-refractivity contribution in [3.8, 4) is 11.5 Å². The Bertz CT molecular complexity index is 1740. The van der Waals surface area contributed by atoms with Gasteiger partial charge in [0.1, 0.15) is 32.3 Å². The Labute approximate surface area is 273 Å². The minimum atomic E-state index is -0.341. The molecule has 232 valence electrons. The maximum absolute atomic E-state index is 5.97. The average Bonchev–Trinajstić information content (AvgIpc) is 3.10. The quantitative estimate of drug-likeness (QED) is 0.0912. The van der Waals surface area contributed by atoms with E-state index in [1.165, 1.54) is 16.7 Å². The van der Waals surface area contributed by atoms with Crippen LogP contribution in [0, 0.1) is 0 Å². The first-order chi connectivity index (χ1) is 22.4. The molecule has 0 saturated carbocycles. The number of ether oxygens (including phenoxy) is 2. The molecular formula is C39H40N4O2P+. The molecule has 0 bridgehead atoms. The van der Waals surface area contributed by atoms with Crippen LogP contribution >= 0.6 is 7.55 Å². The van der Waals surface area contributed by atoms with Gasteiger partial charge in [0.25, 0.3) is 0 Å². The van der Waals surface area contributed by atoms with Gasteiger partial charge in [-0.2, -0.15) is 0 Å². The van der Waals surface area contributed by atoms with Crippen molar-refractivity contribution in [1.29, 1.82) is 0 Å². The van der Waals surface area contributed by atoms with E-state index < -0.39 is 0 Å². The van der Waals surface area contributed by atoms with Crippen LogP contribution in [0.15, 0.2) is 126 Å². The molecule has 2 heterocycles. The Morgan fingerprint density at radius 3 is 1.59 bits per heavy atom. The SMILES string of the molecule is C=[P+](C)C(C)N=Cc1ccc(OCc2ccc(Cc3ccc(COc4ccc(C=NC(C)c5ccccc5)nc4)cc3)cc2)cn1. The van der Waals surface area contributed by atoms with E-state index in [0.717, 1.165) is 40.4 Å². The third-order valence-corrected chi connectivity index (χ3v) is 8.97. The Balaban J connectivity index is 1.04. The van der Waals surface area contributed by atoms with Crippen molar-refractivity contribution in [2.45, 2.75) is 45.3 Å². The van der Waals surface area contributed by atoms with Crippen molar-refractivity contribution in [3.05, 3.63) is 155 Å². The lowest BCUT2D eigenvalue weighted by atomic mass is 10.0. The molecule has 3 unspecified atom stereocenters. The van der Waals surface area contributed by atoms with Crippen molar-refractivity contribution in [3.63, 3.8) is 0 Å². The second-order valence-corrected chi connectivity index (χ2v) is 13.5. The molecule has 46 heavy (non-hydrogen) atoms.